The summed E-state index contributed by atoms with van der Waals surface area (Å²) in [6, 6.07) is 0. The van der Waals surface area contributed by atoms with Gasteiger partial charge in [0.2, 0.25) is 0 Å². The van der Waals surface area contributed by atoms with E-state index in [0.717, 1.165) is 31.5 Å². The van der Waals surface area contributed by atoms with Crippen LogP contribution in [0.5, 0.6) is 0 Å². The van der Waals surface area contributed by atoms with E-state index in [9.17, 15) is 18.0 Å². The Balaban J connectivity index is 2.28. The lowest BCUT2D eigenvalue weighted by Crippen LogP contribution is -2.26. The summed E-state index contributed by atoms with van der Waals surface area (Å²) in [6.07, 6.45) is -1.76. The van der Waals surface area contributed by atoms with Crippen molar-refractivity contribution in [2.45, 2.75) is 19.0 Å². The molecule has 3 nitrogen and oxygen atoms in total. The van der Waals surface area contributed by atoms with E-state index in [1.807, 2.05) is 0 Å². The molecule has 1 aliphatic heterocycles. The van der Waals surface area contributed by atoms with Gasteiger partial charge < -0.3 is 10.1 Å². The third-order valence-electron chi connectivity index (χ3n) is 2.06. The van der Waals surface area contributed by atoms with E-state index in [0.29, 0.717) is 0 Å². The van der Waals surface area contributed by atoms with E-state index in [1.165, 1.54) is 0 Å². The molecule has 0 aromatic carbocycles. The molecule has 1 aliphatic rings. The lowest BCUT2D eigenvalue weighted by atomic mass is 10.1. The predicted molar refractivity (Wildman–Crippen MR) is 47.2 cm³/mol. The normalized spacial score (nSPS) is 17.4. The van der Waals surface area contributed by atoms with Gasteiger partial charge in [0.1, 0.15) is 6.61 Å². The number of nitrogens with one attached hydrogen (secondary N) is 1. The van der Waals surface area contributed by atoms with Crippen molar-refractivity contribution in [1.82, 2.24) is 5.32 Å². The van der Waals surface area contributed by atoms with Crippen LogP contribution in [0.4, 0.5) is 13.2 Å². The zero-order valence-corrected chi connectivity index (χ0v) is 8.06. The van der Waals surface area contributed by atoms with Crippen molar-refractivity contribution in [1.29, 1.82) is 0 Å². The number of carbonyl (C=O) groups excluding carboxylic acids is 1. The number of hydrogen-bond donors (Lipinski definition) is 1. The fourth-order valence-corrected chi connectivity index (χ4v) is 1.27. The average Bonchev–Trinajstić information content (AvgIpc) is 2.18. The molecule has 6 heteroatoms. The first-order chi connectivity index (χ1) is 7.00. The van der Waals surface area contributed by atoms with Gasteiger partial charge in [-0.05, 0) is 32.0 Å². The van der Waals surface area contributed by atoms with Crippen molar-refractivity contribution in [3.8, 4) is 0 Å². The summed E-state index contributed by atoms with van der Waals surface area (Å²) in [7, 11) is 0. The van der Waals surface area contributed by atoms with Crippen LogP contribution in [0.1, 0.15) is 12.8 Å². The summed E-state index contributed by atoms with van der Waals surface area (Å²) in [5, 5.41) is 3.11. The van der Waals surface area contributed by atoms with Crippen LogP contribution < -0.4 is 5.32 Å². The summed E-state index contributed by atoms with van der Waals surface area (Å²) in [6.45, 7) is 1.34. The van der Waals surface area contributed by atoms with Gasteiger partial charge in [-0.2, -0.15) is 13.2 Å². The Morgan fingerprint density at radius 2 is 2.00 bits per heavy atom. The number of alkyl halides is 3. The van der Waals surface area contributed by atoms with E-state index >= 15 is 0 Å². The van der Waals surface area contributed by atoms with E-state index in [4.69, 9.17) is 0 Å². The Labute approximate surface area is 85.3 Å². The number of halogens is 3. The highest BCUT2D eigenvalue weighted by Gasteiger charge is 2.40. The van der Waals surface area contributed by atoms with Gasteiger partial charge in [0, 0.05) is 0 Å². The first-order valence-electron chi connectivity index (χ1n) is 4.63. The summed E-state index contributed by atoms with van der Waals surface area (Å²) in [5.74, 6) is -2.13. The third-order valence-corrected chi connectivity index (χ3v) is 2.06. The maximum atomic E-state index is 11.7. The predicted octanol–water partition coefficient (Wildman–Crippen LogP) is 1.40. The Hall–Kier alpha value is -1.04. The van der Waals surface area contributed by atoms with Crippen molar-refractivity contribution in [2.75, 3.05) is 19.7 Å². The molecule has 1 rings (SSSR count). The largest absolute Gasteiger partial charge is 0.490 e. The van der Waals surface area contributed by atoms with Crippen LogP contribution in [0.2, 0.25) is 0 Å². The molecule has 0 amide bonds. The van der Waals surface area contributed by atoms with Gasteiger partial charge in [-0.25, -0.2) is 4.79 Å². The van der Waals surface area contributed by atoms with E-state index in [2.05, 4.69) is 10.1 Å². The minimum atomic E-state index is -4.90. The SMILES string of the molecule is O=C(OCC=C1CCNCC1)C(F)(F)F. The van der Waals surface area contributed by atoms with Gasteiger partial charge in [-0.1, -0.05) is 5.57 Å². The number of piperidine rings is 1. The summed E-state index contributed by atoms with van der Waals surface area (Å²) >= 11 is 0. The zero-order chi connectivity index (χ0) is 11.3. The fraction of sp³-hybridized carbons (Fsp3) is 0.667. The molecule has 0 spiro atoms. The van der Waals surface area contributed by atoms with Crippen LogP contribution >= 0.6 is 0 Å². The van der Waals surface area contributed by atoms with Crippen molar-refractivity contribution in [3.63, 3.8) is 0 Å². The van der Waals surface area contributed by atoms with Gasteiger partial charge >= 0.3 is 12.1 Å². The molecule has 0 aromatic heterocycles. The minimum Gasteiger partial charge on any atom is -0.455 e. The number of rotatable bonds is 2. The molecule has 1 fully saturated rings. The number of hydrogen-bond acceptors (Lipinski definition) is 3. The summed E-state index contributed by atoms with van der Waals surface area (Å²) in [5.41, 5.74) is 1.03. The van der Waals surface area contributed by atoms with Gasteiger partial charge in [-0.15, -0.1) is 0 Å². The van der Waals surface area contributed by atoms with E-state index < -0.39 is 12.1 Å². The van der Waals surface area contributed by atoms with Crippen molar-refractivity contribution in [2.24, 2.45) is 0 Å². The summed E-state index contributed by atoms with van der Waals surface area (Å²) in [4.78, 5) is 10.3. The first kappa shape index (κ1) is 12.0. The molecule has 1 saturated heterocycles. The zero-order valence-electron chi connectivity index (χ0n) is 8.06. The van der Waals surface area contributed by atoms with E-state index in [-0.39, 0.29) is 6.61 Å². The van der Waals surface area contributed by atoms with Crippen LogP contribution in [0.25, 0.3) is 0 Å². The highest BCUT2D eigenvalue weighted by Crippen LogP contribution is 2.16. The number of esters is 1. The maximum Gasteiger partial charge on any atom is 0.490 e. The maximum absolute atomic E-state index is 11.7. The van der Waals surface area contributed by atoms with Crippen LogP contribution in [-0.4, -0.2) is 31.8 Å². The Morgan fingerprint density at radius 3 is 2.53 bits per heavy atom. The molecule has 1 N–H and O–H groups in total. The lowest BCUT2D eigenvalue weighted by Gasteiger charge is -2.15. The molecule has 0 aliphatic carbocycles. The Bertz CT molecular complexity index is 253. The molecule has 86 valence electrons. The first-order valence-corrected chi connectivity index (χ1v) is 4.63. The highest BCUT2D eigenvalue weighted by atomic mass is 19.4. The molecule has 0 atom stereocenters. The molecule has 0 radical (unpaired) electrons. The van der Waals surface area contributed by atoms with Gasteiger partial charge in [0.25, 0.3) is 0 Å². The van der Waals surface area contributed by atoms with Gasteiger partial charge in [-0.3, -0.25) is 0 Å². The van der Waals surface area contributed by atoms with Crippen LogP contribution in [0, 0.1) is 0 Å². The molecule has 0 unspecified atom stereocenters. The second-order valence-electron chi connectivity index (χ2n) is 3.21. The van der Waals surface area contributed by atoms with Gasteiger partial charge in [0.15, 0.2) is 0 Å². The fourth-order valence-electron chi connectivity index (χ4n) is 1.27. The molecular formula is C9H12F3NO2. The molecule has 0 aromatic rings. The molecule has 15 heavy (non-hydrogen) atoms. The van der Waals surface area contributed by atoms with Crippen molar-refractivity contribution >= 4 is 5.97 Å². The minimum absolute atomic E-state index is 0.298. The smallest absolute Gasteiger partial charge is 0.455 e. The van der Waals surface area contributed by atoms with Gasteiger partial charge in [0.05, 0.1) is 0 Å². The Kier molecular flexibility index (Phi) is 4.14. The van der Waals surface area contributed by atoms with Crippen molar-refractivity contribution in [3.05, 3.63) is 11.6 Å². The molecule has 0 saturated carbocycles. The topological polar surface area (TPSA) is 38.3 Å². The third kappa shape index (κ3) is 4.33. The average molecular weight is 223 g/mol. The second-order valence-corrected chi connectivity index (χ2v) is 3.21. The number of ether oxygens (including phenoxy) is 1. The molecule has 0 bridgehead atoms. The number of carbonyl (C=O) groups is 1. The van der Waals surface area contributed by atoms with Crippen LogP contribution in [0.15, 0.2) is 11.6 Å². The van der Waals surface area contributed by atoms with E-state index in [1.54, 1.807) is 6.08 Å². The Morgan fingerprint density at radius 1 is 1.40 bits per heavy atom. The highest BCUT2D eigenvalue weighted by molar-refractivity contribution is 5.75. The quantitative estimate of drug-likeness (QED) is 0.568. The van der Waals surface area contributed by atoms with Crippen LogP contribution in [0.3, 0.4) is 0 Å². The monoisotopic (exact) mass is 223 g/mol. The second kappa shape index (κ2) is 5.16. The van der Waals surface area contributed by atoms with Crippen molar-refractivity contribution < 1.29 is 22.7 Å². The standard InChI is InChI=1S/C9H12F3NO2/c10-9(11,12)8(14)15-6-3-7-1-4-13-5-2-7/h3,13H,1-2,4-6H2. The summed E-state index contributed by atoms with van der Waals surface area (Å²) < 4.78 is 39.2. The lowest BCUT2D eigenvalue weighted by molar-refractivity contribution is -0.198. The molecule has 1 heterocycles. The van der Waals surface area contributed by atoms with Crippen LogP contribution in [-0.2, 0) is 9.53 Å². The molecular weight excluding hydrogens is 211 g/mol.